The molecule has 0 aliphatic heterocycles. The Balaban J connectivity index is 2.09. The van der Waals surface area contributed by atoms with Crippen molar-refractivity contribution in [3.63, 3.8) is 0 Å². The summed E-state index contributed by atoms with van der Waals surface area (Å²) in [6.45, 7) is 3.35. The zero-order valence-corrected chi connectivity index (χ0v) is 12.6. The van der Waals surface area contributed by atoms with Gasteiger partial charge in [0, 0.05) is 17.8 Å². The van der Waals surface area contributed by atoms with E-state index in [4.69, 9.17) is 0 Å². The highest BCUT2D eigenvalue weighted by Crippen LogP contribution is 2.28. The summed E-state index contributed by atoms with van der Waals surface area (Å²) in [5.74, 6) is 1.21. The topological polar surface area (TPSA) is 47.0 Å². The zero-order chi connectivity index (χ0) is 15.5. The van der Waals surface area contributed by atoms with Crippen molar-refractivity contribution >= 4 is 27.4 Å². The van der Waals surface area contributed by atoms with E-state index in [0.717, 1.165) is 20.9 Å². The van der Waals surface area contributed by atoms with Crippen LogP contribution >= 0.6 is 11.3 Å². The average molecular weight is 319 g/mol. The van der Waals surface area contributed by atoms with Gasteiger partial charge >= 0.3 is 6.18 Å². The predicted octanol–water partition coefficient (Wildman–Crippen LogP) is 3.55. The molecule has 8 heteroatoms. The third-order valence-corrected chi connectivity index (χ3v) is 3.59. The molecule has 2 rings (SSSR count). The van der Waals surface area contributed by atoms with E-state index in [2.05, 4.69) is 20.0 Å². The number of nitrogens with one attached hydrogen (secondary N) is 1. The van der Waals surface area contributed by atoms with Crippen molar-refractivity contribution < 1.29 is 17.9 Å². The first kappa shape index (κ1) is 16.0. The lowest BCUT2D eigenvalue weighted by atomic mass is 10.3. The molecule has 2 heterocycles. The lowest BCUT2D eigenvalue weighted by Crippen LogP contribution is -2.18. The van der Waals surface area contributed by atoms with Crippen molar-refractivity contribution in [2.24, 2.45) is 0 Å². The van der Waals surface area contributed by atoms with E-state index in [9.17, 15) is 13.2 Å². The molecule has 21 heavy (non-hydrogen) atoms. The SMILES string of the molecule is CCNc1nc(CCOCC(F)(F)F)nc2sc(C)cc12. The number of anilines is 1. The molecule has 0 bridgehead atoms. The van der Waals surface area contributed by atoms with E-state index >= 15 is 0 Å². The normalized spacial score (nSPS) is 12.0. The Bertz CT molecular complexity index is 612. The molecule has 0 amide bonds. The van der Waals surface area contributed by atoms with Crippen LogP contribution in [0.2, 0.25) is 0 Å². The monoisotopic (exact) mass is 319 g/mol. The first-order valence-corrected chi connectivity index (χ1v) is 7.36. The Morgan fingerprint density at radius 1 is 1.33 bits per heavy atom. The van der Waals surface area contributed by atoms with Gasteiger partial charge in [0.25, 0.3) is 0 Å². The van der Waals surface area contributed by atoms with Crippen molar-refractivity contribution in [3.05, 3.63) is 16.8 Å². The van der Waals surface area contributed by atoms with Crippen LogP contribution in [0.1, 0.15) is 17.6 Å². The fourth-order valence-electron chi connectivity index (χ4n) is 1.85. The summed E-state index contributed by atoms with van der Waals surface area (Å²) in [6, 6.07) is 2.00. The highest BCUT2D eigenvalue weighted by atomic mass is 32.1. The first-order chi connectivity index (χ1) is 9.89. The van der Waals surface area contributed by atoms with Crippen molar-refractivity contribution in [2.75, 3.05) is 25.1 Å². The molecule has 0 fully saturated rings. The molecule has 0 aliphatic rings. The number of nitrogens with zero attached hydrogens (tertiary/aromatic N) is 2. The number of hydrogen-bond acceptors (Lipinski definition) is 5. The van der Waals surface area contributed by atoms with Crippen molar-refractivity contribution in [2.45, 2.75) is 26.4 Å². The van der Waals surface area contributed by atoms with Gasteiger partial charge in [-0.15, -0.1) is 11.3 Å². The molecule has 0 saturated carbocycles. The molecule has 116 valence electrons. The number of rotatable bonds is 6. The second-order valence-corrected chi connectivity index (χ2v) is 5.75. The fraction of sp³-hybridized carbons (Fsp3) is 0.538. The number of hydrogen-bond donors (Lipinski definition) is 1. The maximum absolute atomic E-state index is 12.0. The van der Waals surface area contributed by atoms with Crippen LogP contribution in [0.15, 0.2) is 6.07 Å². The van der Waals surface area contributed by atoms with Gasteiger partial charge in [0.15, 0.2) is 0 Å². The number of alkyl halides is 3. The number of aromatic nitrogens is 2. The molecule has 0 saturated heterocycles. The maximum atomic E-state index is 12.0. The number of thiophene rings is 1. The Morgan fingerprint density at radius 2 is 2.10 bits per heavy atom. The van der Waals surface area contributed by atoms with Crippen LogP contribution < -0.4 is 5.32 Å². The molecule has 0 unspecified atom stereocenters. The Labute approximate surface area is 124 Å². The quantitative estimate of drug-likeness (QED) is 0.827. The predicted molar refractivity (Wildman–Crippen MR) is 76.9 cm³/mol. The average Bonchev–Trinajstić information content (AvgIpc) is 2.74. The minimum Gasteiger partial charge on any atom is -0.372 e. The third-order valence-electron chi connectivity index (χ3n) is 2.64. The highest BCUT2D eigenvalue weighted by Gasteiger charge is 2.27. The van der Waals surface area contributed by atoms with Crippen molar-refractivity contribution in [1.82, 2.24) is 9.97 Å². The maximum Gasteiger partial charge on any atom is 0.411 e. The van der Waals surface area contributed by atoms with Gasteiger partial charge < -0.3 is 10.1 Å². The molecular weight excluding hydrogens is 303 g/mol. The van der Waals surface area contributed by atoms with Gasteiger partial charge in [-0.2, -0.15) is 13.2 Å². The molecule has 2 aromatic rings. The summed E-state index contributed by atoms with van der Waals surface area (Å²) in [4.78, 5) is 10.7. The van der Waals surface area contributed by atoms with Crippen LogP contribution in [0.4, 0.5) is 19.0 Å². The summed E-state index contributed by atoms with van der Waals surface area (Å²) >= 11 is 1.54. The molecule has 0 aliphatic carbocycles. The van der Waals surface area contributed by atoms with Crippen LogP contribution in [0.5, 0.6) is 0 Å². The van der Waals surface area contributed by atoms with Gasteiger partial charge in [-0.3, -0.25) is 0 Å². The van der Waals surface area contributed by atoms with Gasteiger partial charge in [-0.05, 0) is 19.9 Å². The highest BCUT2D eigenvalue weighted by molar-refractivity contribution is 7.18. The van der Waals surface area contributed by atoms with Crippen molar-refractivity contribution in [1.29, 1.82) is 0 Å². The number of halogens is 3. The van der Waals surface area contributed by atoms with Crippen LogP contribution in [-0.4, -0.2) is 35.9 Å². The summed E-state index contributed by atoms with van der Waals surface area (Å²) in [7, 11) is 0. The van der Waals surface area contributed by atoms with Crippen LogP contribution in [0.3, 0.4) is 0 Å². The lowest BCUT2D eigenvalue weighted by molar-refractivity contribution is -0.173. The molecule has 0 atom stereocenters. The lowest BCUT2D eigenvalue weighted by Gasteiger charge is -2.09. The third kappa shape index (κ3) is 4.53. The Kier molecular flexibility index (Phi) is 5.00. The van der Waals surface area contributed by atoms with Gasteiger partial charge in [0.05, 0.1) is 12.0 Å². The summed E-state index contributed by atoms with van der Waals surface area (Å²) in [5, 5.41) is 4.10. The molecule has 4 nitrogen and oxygen atoms in total. The summed E-state index contributed by atoms with van der Waals surface area (Å²) in [5.41, 5.74) is 0. The molecular formula is C13H16F3N3OS. The van der Waals surface area contributed by atoms with Gasteiger partial charge in [-0.25, -0.2) is 9.97 Å². The van der Waals surface area contributed by atoms with E-state index < -0.39 is 12.8 Å². The minimum absolute atomic E-state index is 0.0546. The van der Waals surface area contributed by atoms with Gasteiger partial charge in [0.2, 0.25) is 0 Å². The number of ether oxygens (including phenoxy) is 1. The first-order valence-electron chi connectivity index (χ1n) is 6.54. The van der Waals surface area contributed by atoms with Crippen LogP contribution in [0.25, 0.3) is 10.2 Å². The standard InChI is InChI=1S/C13H16F3N3OS/c1-3-17-11-9-6-8(2)21-12(9)19-10(18-11)4-5-20-7-13(14,15)16/h6H,3-5,7H2,1-2H3,(H,17,18,19). The number of aryl methyl sites for hydroxylation is 1. The Hall–Kier alpha value is -1.41. The van der Waals surface area contributed by atoms with Gasteiger partial charge in [-0.1, -0.05) is 0 Å². The second-order valence-electron chi connectivity index (χ2n) is 4.51. The molecule has 0 spiro atoms. The van der Waals surface area contributed by atoms with Crippen LogP contribution in [0, 0.1) is 6.92 Å². The summed E-state index contributed by atoms with van der Waals surface area (Å²) in [6.07, 6.45) is -4.05. The van der Waals surface area contributed by atoms with E-state index in [1.54, 1.807) is 0 Å². The molecule has 0 radical (unpaired) electrons. The minimum atomic E-state index is -4.30. The van der Waals surface area contributed by atoms with Crippen LogP contribution in [-0.2, 0) is 11.2 Å². The van der Waals surface area contributed by atoms with E-state index in [-0.39, 0.29) is 13.0 Å². The Morgan fingerprint density at radius 3 is 2.76 bits per heavy atom. The van der Waals surface area contributed by atoms with Gasteiger partial charge in [0.1, 0.15) is 23.1 Å². The molecule has 2 aromatic heterocycles. The van der Waals surface area contributed by atoms with E-state index in [1.165, 1.54) is 11.3 Å². The fourth-order valence-corrected chi connectivity index (χ4v) is 2.75. The molecule has 1 N–H and O–H groups in total. The van der Waals surface area contributed by atoms with E-state index in [0.29, 0.717) is 12.4 Å². The number of fused-ring (bicyclic) bond motifs is 1. The molecule has 0 aromatic carbocycles. The second kappa shape index (κ2) is 6.57. The van der Waals surface area contributed by atoms with E-state index in [1.807, 2.05) is 19.9 Å². The zero-order valence-electron chi connectivity index (χ0n) is 11.8. The largest absolute Gasteiger partial charge is 0.411 e. The summed E-state index contributed by atoms with van der Waals surface area (Å²) < 4.78 is 40.6. The smallest absolute Gasteiger partial charge is 0.372 e. The van der Waals surface area contributed by atoms with Crippen molar-refractivity contribution in [3.8, 4) is 0 Å².